The van der Waals surface area contributed by atoms with E-state index in [1.54, 1.807) is 16.7 Å². The number of hydrogen-bond acceptors (Lipinski definition) is 7. The Labute approximate surface area is 190 Å². The second-order valence-corrected chi connectivity index (χ2v) is 15.7. The van der Waals surface area contributed by atoms with Crippen molar-refractivity contribution in [2.24, 2.45) is 5.92 Å². The lowest BCUT2D eigenvalue weighted by Crippen LogP contribution is -2.62. The molecule has 3 aliphatic rings. The lowest BCUT2D eigenvalue weighted by molar-refractivity contribution is -0.157. The van der Waals surface area contributed by atoms with Crippen LogP contribution in [0.5, 0.6) is 0 Å². The highest BCUT2D eigenvalue weighted by atomic mass is 32.2. The van der Waals surface area contributed by atoms with E-state index in [0.717, 1.165) is 4.91 Å². The Kier molecular flexibility index (Phi) is 7.42. The van der Waals surface area contributed by atoms with Gasteiger partial charge in [-0.25, -0.2) is 4.79 Å². The maximum Gasteiger partial charge on any atom is 0.356 e. The van der Waals surface area contributed by atoms with Crippen LogP contribution >= 0.6 is 11.8 Å². The number of carbonyl (C=O) groups is 2. The second kappa shape index (κ2) is 9.39. The summed E-state index contributed by atoms with van der Waals surface area (Å²) in [6, 6.07) is 0. The number of β-lactam (4-membered cyclic amide) rings is 1. The van der Waals surface area contributed by atoms with Crippen molar-refractivity contribution in [3.05, 3.63) is 23.3 Å². The molecule has 31 heavy (non-hydrogen) atoms. The summed E-state index contributed by atoms with van der Waals surface area (Å²) in [5.74, 6) is -0.862. The number of amides is 1. The molecule has 174 valence electrons. The highest BCUT2D eigenvalue weighted by molar-refractivity contribution is 8.04. The summed E-state index contributed by atoms with van der Waals surface area (Å²) in [7, 11) is -2.03. The average Bonchev–Trinajstić information content (AvgIpc) is 2.99. The number of nitrogens with zero attached hydrogens (tertiary/aromatic N) is 1. The number of carbonyl (C=O) groups excluding carboxylic acids is 2. The van der Waals surface area contributed by atoms with Gasteiger partial charge in [0.15, 0.2) is 8.32 Å². The fraction of sp³-hybridized carbons (Fsp3) is 0.727. The van der Waals surface area contributed by atoms with Crippen LogP contribution in [-0.4, -0.2) is 69.1 Å². The van der Waals surface area contributed by atoms with Gasteiger partial charge in [-0.15, -0.1) is 11.8 Å². The Hall–Kier alpha value is -1.13. The molecule has 0 saturated carbocycles. The summed E-state index contributed by atoms with van der Waals surface area (Å²) in [5.41, 5.74) is 0.340. The fourth-order valence-electron chi connectivity index (χ4n) is 3.75. The minimum atomic E-state index is -2.03. The topological polar surface area (TPSA) is 74.3 Å². The summed E-state index contributed by atoms with van der Waals surface area (Å²) in [5, 5.41) is -0.101. The molecule has 1 unspecified atom stereocenters. The Morgan fingerprint density at radius 1 is 1.39 bits per heavy atom. The molecule has 0 aromatic heterocycles. The van der Waals surface area contributed by atoms with Crippen LogP contribution in [0.15, 0.2) is 23.3 Å². The molecular weight excluding hydrogens is 434 g/mol. The number of hydrogen-bond donors (Lipinski definition) is 0. The van der Waals surface area contributed by atoms with E-state index < -0.39 is 14.3 Å². The third-order valence-electron chi connectivity index (χ3n) is 6.47. The number of ether oxygens (including phenoxy) is 3. The van der Waals surface area contributed by atoms with E-state index in [1.807, 2.05) is 6.92 Å². The summed E-state index contributed by atoms with van der Waals surface area (Å²) in [4.78, 5) is 28.4. The maximum atomic E-state index is 13.2. The van der Waals surface area contributed by atoms with E-state index in [4.69, 9.17) is 18.6 Å². The molecule has 0 radical (unpaired) electrons. The predicted molar refractivity (Wildman–Crippen MR) is 123 cm³/mol. The molecular formula is C22H35NO6SSi. The van der Waals surface area contributed by atoms with Crippen molar-refractivity contribution in [2.75, 3.05) is 26.4 Å². The summed E-state index contributed by atoms with van der Waals surface area (Å²) >= 11 is 1.56. The fourth-order valence-corrected chi connectivity index (χ4v) is 6.85. The molecule has 4 atom stereocenters. The molecule has 1 amide bonds. The maximum absolute atomic E-state index is 13.2. The molecule has 2 saturated heterocycles. The van der Waals surface area contributed by atoms with Crippen LogP contribution in [0.4, 0.5) is 0 Å². The van der Waals surface area contributed by atoms with Crippen molar-refractivity contribution in [2.45, 2.75) is 69.8 Å². The first-order chi connectivity index (χ1) is 14.5. The zero-order valence-electron chi connectivity index (χ0n) is 19.4. The molecule has 0 aromatic carbocycles. The first-order valence-electron chi connectivity index (χ1n) is 10.9. The molecule has 0 N–H and O–H groups in total. The van der Waals surface area contributed by atoms with Crippen LogP contribution in [0.1, 0.15) is 34.1 Å². The smallest absolute Gasteiger partial charge is 0.356 e. The molecule has 7 nitrogen and oxygen atoms in total. The van der Waals surface area contributed by atoms with Crippen molar-refractivity contribution in [1.82, 2.24) is 4.90 Å². The van der Waals surface area contributed by atoms with Gasteiger partial charge in [-0.3, -0.25) is 9.69 Å². The van der Waals surface area contributed by atoms with E-state index >= 15 is 0 Å². The minimum absolute atomic E-state index is 0.0535. The highest BCUT2D eigenvalue weighted by Gasteiger charge is 2.59. The van der Waals surface area contributed by atoms with Crippen LogP contribution in [0.25, 0.3) is 0 Å². The van der Waals surface area contributed by atoms with Gasteiger partial charge in [-0.2, -0.15) is 0 Å². The van der Waals surface area contributed by atoms with Gasteiger partial charge in [0, 0.05) is 11.3 Å². The number of esters is 1. The molecule has 9 heteroatoms. The highest BCUT2D eigenvalue weighted by Crippen LogP contribution is 2.53. The van der Waals surface area contributed by atoms with E-state index in [-0.39, 0.29) is 41.1 Å². The van der Waals surface area contributed by atoms with Crippen molar-refractivity contribution < 1.29 is 28.2 Å². The molecule has 0 bridgehead atoms. The van der Waals surface area contributed by atoms with Gasteiger partial charge in [-0.05, 0) is 25.1 Å². The zero-order valence-corrected chi connectivity index (χ0v) is 21.3. The molecule has 0 aromatic rings. The van der Waals surface area contributed by atoms with Gasteiger partial charge in [-0.1, -0.05) is 33.4 Å². The van der Waals surface area contributed by atoms with Crippen LogP contribution in [0.3, 0.4) is 0 Å². The van der Waals surface area contributed by atoms with Gasteiger partial charge >= 0.3 is 5.97 Å². The van der Waals surface area contributed by atoms with Crippen molar-refractivity contribution in [1.29, 1.82) is 0 Å². The minimum Gasteiger partial charge on any atom is -0.457 e. The lowest BCUT2D eigenvalue weighted by Gasteiger charge is -2.48. The molecule has 3 heterocycles. The molecule has 2 fully saturated rings. The summed E-state index contributed by atoms with van der Waals surface area (Å²) in [6.45, 7) is 18.2. The van der Waals surface area contributed by atoms with Crippen LogP contribution in [-0.2, 0) is 28.2 Å². The largest absolute Gasteiger partial charge is 0.457 e. The van der Waals surface area contributed by atoms with Crippen LogP contribution in [0, 0.1) is 5.92 Å². The molecule has 0 spiro atoms. The number of rotatable bonds is 8. The average molecular weight is 470 g/mol. The van der Waals surface area contributed by atoms with Gasteiger partial charge in [0.05, 0.1) is 37.9 Å². The monoisotopic (exact) mass is 469 g/mol. The predicted octanol–water partition coefficient (Wildman–Crippen LogP) is 3.67. The lowest BCUT2D eigenvalue weighted by atomic mass is 9.92. The number of fused-ring (bicyclic) bond motifs is 1. The first-order valence-corrected chi connectivity index (χ1v) is 14.6. The Bertz CT molecular complexity index is 756. The molecule has 3 rings (SSSR count). The third-order valence-corrected chi connectivity index (χ3v) is 12.4. The Morgan fingerprint density at radius 2 is 2.10 bits per heavy atom. The van der Waals surface area contributed by atoms with Crippen molar-refractivity contribution >= 4 is 32.0 Å². The summed E-state index contributed by atoms with van der Waals surface area (Å²) < 4.78 is 23.1. The van der Waals surface area contributed by atoms with Crippen molar-refractivity contribution in [3.63, 3.8) is 0 Å². The van der Waals surface area contributed by atoms with Crippen LogP contribution in [0.2, 0.25) is 18.1 Å². The van der Waals surface area contributed by atoms with E-state index in [2.05, 4.69) is 40.4 Å². The Balaban J connectivity index is 1.77. The zero-order chi connectivity index (χ0) is 23.0. The second-order valence-electron chi connectivity index (χ2n) is 9.76. The molecule has 0 aliphatic carbocycles. The number of thioether (sulfide) groups is 1. The van der Waals surface area contributed by atoms with E-state index in [9.17, 15) is 9.59 Å². The van der Waals surface area contributed by atoms with E-state index in [1.165, 1.54) is 6.08 Å². The quantitative estimate of drug-likeness (QED) is 0.232. The van der Waals surface area contributed by atoms with Crippen molar-refractivity contribution in [3.8, 4) is 0 Å². The SMILES string of the molecule is C=CCOC(=O)C1=C(CC2COCCO2)S[C@@H]2[C@@H]([C@@H](C)O[Si](C)(C)C(C)(C)C)C(=O)N12. The first kappa shape index (κ1) is 24.5. The van der Waals surface area contributed by atoms with Gasteiger partial charge in [0.1, 0.15) is 17.7 Å². The van der Waals surface area contributed by atoms with Gasteiger partial charge < -0.3 is 18.6 Å². The molecule has 3 aliphatic heterocycles. The third kappa shape index (κ3) is 4.95. The standard InChI is InChI=1S/C22H35NO6SSi/c1-8-9-28-21(25)18-16(12-15-13-26-10-11-27-15)30-20-17(19(24)23(18)20)14(2)29-31(6,7)22(3,4)5/h8,14-15,17,20H,1,9-13H2,2-7H3/t14-,15?,17+,20-/m1/s1. The Morgan fingerprint density at radius 3 is 2.68 bits per heavy atom. The van der Waals surface area contributed by atoms with Gasteiger partial charge in [0.2, 0.25) is 5.91 Å². The van der Waals surface area contributed by atoms with Crippen LogP contribution < -0.4 is 0 Å². The summed E-state index contributed by atoms with van der Waals surface area (Å²) in [6.07, 6.45) is 1.69. The van der Waals surface area contributed by atoms with Gasteiger partial charge in [0.25, 0.3) is 0 Å². The normalized spacial score (nSPS) is 27.6. The van der Waals surface area contributed by atoms with E-state index in [0.29, 0.717) is 31.9 Å².